The number of rotatable bonds is 6. The summed E-state index contributed by atoms with van der Waals surface area (Å²) < 4.78 is 1.72. The zero-order valence-electron chi connectivity index (χ0n) is 9.48. The van der Waals surface area contributed by atoms with E-state index in [2.05, 4.69) is 5.10 Å². The van der Waals surface area contributed by atoms with Gasteiger partial charge in [-0.2, -0.15) is 5.10 Å². The highest BCUT2D eigenvalue weighted by molar-refractivity contribution is 5.61. The predicted octanol–water partition coefficient (Wildman–Crippen LogP) is 0.601. The number of anilines is 2. The third-order valence-corrected chi connectivity index (χ3v) is 2.35. The Labute approximate surface area is 90.5 Å². The van der Waals surface area contributed by atoms with Crippen LogP contribution >= 0.6 is 0 Å². The van der Waals surface area contributed by atoms with Gasteiger partial charge >= 0.3 is 0 Å². The van der Waals surface area contributed by atoms with Crippen molar-refractivity contribution in [3.63, 3.8) is 0 Å². The van der Waals surface area contributed by atoms with Gasteiger partial charge in [0.1, 0.15) is 0 Å². The van der Waals surface area contributed by atoms with Crippen LogP contribution in [0.25, 0.3) is 0 Å². The van der Waals surface area contributed by atoms with Crippen molar-refractivity contribution in [2.24, 2.45) is 7.05 Å². The lowest BCUT2D eigenvalue weighted by Crippen LogP contribution is -2.20. The molecule has 0 aromatic carbocycles. The minimum absolute atomic E-state index is 0.273. The van der Waals surface area contributed by atoms with Crippen molar-refractivity contribution in [2.75, 3.05) is 30.8 Å². The largest absolute Gasteiger partial charge is 0.396 e. The van der Waals surface area contributed by atoms with Gasteiger partial charge < -0.3 is 15.7 Å². The van der Waals surface area contributed by atoms with Gasteiger partial charge in [-0.05, 0) is 19.3 Å². The van der Waals surface area contributed by atoms with Crippen LogP contribution in [0.1, 0.15) is 19.3 Å². The number of hydrogen-bond acceptors (Lipinski definition) is 4. The first-order chi connectivity index (χ1) is 7.15. The van der Waals surface area contributed by atoms with Crippen LogP contribution in [-0.4, -0.2) is 35.1 Å². The number of aliphatic hydroxyl groups excluding tert-OH is 1. The standard InChI is InChI=1S/C10H20N4O/c1-13(6-4-3-5-7-15)10-9(11)8-14(2)12-10/h8,15H,3-7,11H2,1-2H3. The molecule has 0 aliphatic carbocycles. The van der Waals surface area contributed by atoms with Crippen LogP contribution in [0.5, 0.6) is 0 Å². The van der Waals surface area contributed by atoms with Crippen LogP contribution in [0.3, 0.4) is 0 Å². The first kappa shape index (κ1) is 11.8. The first-order valence-electron chi connectivity index (χ1n) is 5.26. The SMILES string of the molecule is CN(CCCCCO)c1nn(C)cc1N. The second-order valence-corrected chi connectivity index (χ2v) is 3.79. The van der Waals surface area contributed by atoms with Crippen molar-refractivity contribution < 1.29 is 5.11 Å². The van der Waals surface area contributed by atoms with Gasteiger partial charge in [-0.3, -0.25) is 4.68 Å². The van der Waals surface area contributed by atoms with Gasteiger partial charge in [0.05, 0.1) is 5.69 Å². The van der Waals surface area contributed by atoms with E-state index in [1.807, 2.05) is 19.0 Å². The van der Waals surface area contributed by atoms with Gasteiger partial charge in [0.25, 0.3) is 0 Å². The number of nitrogen functional groups attached to an aromatic ring is 1. The van der Waals surface area contributed by atoms with Crippen LogP contribution in [-0.2, 0) is 7.05 Å². The molecule has 86 valence electrons. The highest BCUT2D eigenvalue weighted by Gasteiger charge is 2.08. The fourth-order valence-corrected chi connectivity index (χ4v) is 1.54. The number of aromatic nitrogens is 2. The Hall–Kier alpha value is -1.23. The van der Waals surface area contributed by atoms with Crippen molar-refractivity contribution in [3.8, 4) is 0 Å². The Balaban J connectivity index is 2.39. The maximum atomic E-state index is 8.65. The Morgan fingerprint density at radius 2 is 2.20 bits per heavy atom. The molecule has 0 saturated heterocycles. The van der Waals surface area contributed by atoms with E-state index < -0.39 is 0 Å². The molecule has 0 fully saturated rings. The molecule has 3 N–H and O–H groups in total. The zero-order chi connectivity index (χ0) is 11.3. The maximum absolute atomic E-state index is 8.65. The summed E-state index contributed by atoms with van der Waals surface area (Å²) in [5.41, 5.74) is 6.52. The summed E-state index contributed by atoms with van der Waals surface area (Å²) >= 11 is 0. The van der Waals surface area contributed by atoms with Crippen LogP contribution in [0.15, 0.2) is 6.20 Å². The number of nitrogens with zero attached hydrogens (tertiary/aromatic N) is 3. The molecular weight excluding hydrogens is 192 g/mol. The van der Waals surface area contributed by atoms with Gasteiger partial charge in [0, 0.05) is 33.4 Å². The van der Waals surface area contributed by atoms with E-state index in [1.54, 1.807) is 10.9 Å². The second kappa shape index (κ2) is 5.60. The Kier molecular flexibility index (Phi) is 4.42. The molecule has 0 atom stereocenters. The number of aliphatic hydroxyl groups is 1. The normalized spacial score (nSPS) is 10.6. The summed E-state index contributed by atoms with van der Waals surface area (Å²) in [5, 5.41) is 12.9. The van der Waals surface area contributed by atoms with Crippen LogP contribution in [0, 0.1) is 0 Å². The van der Waals surface area contributed by atoms with Gasteiger partial charge in [-0.15, -0.1) is 0 Å². The van der Waals surface area contributed by atoms with Gasteiger partial charge in [-0.1, -0.05) is 0 Å². The molecule has 0 unspecified atom stereocenters. The van der Waals surface area contributed by atoms with Crippen molar-refractivity contribution in [1.82, 2.24) is 9.78 Å². The van der Waals surface area contributed by atoms with Gasteiger partial charge in [-0.25, -0.2) is 0 Å². The maximum Gasteiger partial charge on any atom is 0.173 e. The van der Waals surface area contributed by atoms with E-state index in [-0.39, 0.29) is 6.61 Å². The molecule has 1 aromatic rings. The summed E-state index contributed by atoms with van der Waals surface area (Å²) in [7, 11) is 3.84. The minimum Gasteiger partial charge on any atom is -0.396 e. The summed E-state index contributed by atoms with van der Waals surface area (Å²) in [6, 6.07) is 0. The summed E-state index contributed by atoms with van der Waals surface area (Å²) in [4.78, 5) is 2.05. The molecule has 15 heavy (non-hydrogen) atoms. The molecule has 0 radical (unpaired) electrons. The lowest BCUT2D eigenvalue weighted by atomic mass is 10.2. The number of unbranched alkanes of at least 4 members (excludes halogenated alkanes) is 2. The number of hydrogen-bond donors (Lipinski definition) is 2. The quantitative estimate of drug-likeness (QED) is 0.678. The molecule has 0 saturated carbocycles. The lowest BCUT2D eigenvalue weighted by molar-refractivity contribution is 0.283. The van der Waals surface area contributed by atoms with Crippen molar-refractivity contribution >= 4 is 11.5 Å². The van der Waals surface area contributed by atoms with Crippen LogP contribution in [0.4, 0.5) is 11.5 Å². The molecule has 0 spiro atoms. The monoisotopic (exact) mass is 212 g/mol. The smallest absolute Gasteiger partial charge is 0.173 e. The fourth-order valence-electron chi connectivity index (χ4n) is 1.54. The Bertz CT molecular complexity index is 298. The van der Waals surface area contributed by atoms with E-state index >= 15 is 0 Å². The Morgan fingerprint density at radius 3 is 2.73 bits per heavy atom. The van der Waals surface area contributed by atoms with Crippen molar-refractivity contribution in [1.29, 1.82) is 0 Å². The average Bonchev–Trinajstić information content (AvgIpc) is 2.52. The van der Waals surface area contributed by atoms with E-state index in [0.29, 0.717) is 5.69 Å². The first-order valence-corrected chi connectivity index (χ1v) is 5.26. The topological polar surface area (TPSA) is 67.3 Å². The molecule has 0 aliphatic rings. The number of nitrogens with two attached hydrogens (primary N) is 1. The molecule has 0 bridgehead atoms. The summed E-state index contributed by atoms with van der Waals surface area (Å²) in [6.07, 6.45) is 4.76. The highest BCUT2D eigenvalue weighted by Crippen LogP contribution is 2.18. The summed E-state index contributed by atoms with van der Waals surface area (Å²) in [6.45, 7) is 1.19. The molecule has 0 amide bonds. The molecule has 5 nitrogen and oxygen atoms in total. The Morgan fingerprint density at radius 1 is 1.47 bits per heavy atom. The van der Waals surface area contributed by atoms with Crippen molar-refractivity contribution in [3.05, 3.63) is 6.20 Å². The molecule has 0 aliphatic heterocycles. The van der Waals surface area contributed by atoms with Crippen LogP contribution in [0.2, 0.25) is 0 Å². The second-order valence-electron chi connectivity index (χ2n) is 3.79. The summed E-state index contributed by atoms with van der Waals surface area (Å²) in [5.74, 6) is 0.835. The lowest BCUT2D eigenvalue weighted by Gasteiger charge is -2.16. The third-order valence-electron chi connectivity index (χ3n) is 2.35. The van der Waals surface area contributed by atoms with E-state index in [4.69, 9.17) is 10.8 Å². The zero-order valence-corrected chi connectivity index (χ0v) is 9.48. The minimum atomic E-state index is 0.273. The molecule has 1 heterocycles. The predicted molar refractivity (Wildman–Crippen MR) is 61.8 cm³/mol. The van der Waals surface area contributed by atoms with Crippen LogP contribution < -0.4 is 10.6 Å². The average molecular weight is 212 g/mol. The van der Waals surface area contributed by atoms with Crippen molar-refractivity contribution in [2.45, 2.75) is 19.3 Å². The number of aryl methyl sites for hydroxylation is 1. The molecule has 1 aromatic heterocycles. The van der Waals surface area contributed by atoms with E-state index in [9.17, 15) is 0 Å². The fraction of sp³-hybridized carbons (Fsp3) is 0.700. The molecular formula is C10H20N4O. The van der Waals surface area contributed by atoms with Gasteiger partial charge in [0.15, 0.2) is 5.82 Å². The molecule has 1 rings (SSSR count). The third kappa shape index (κ3) is 3.43. The highest BCUT2D eigenvalue weighted by atomic mass is 16.2. The van der Waals surface area contributed by atoms with E-state index in [0.717, 1.165) is 31.6 Å². The van der Waals surface area contributed by atoms with Gasteiger partial charge in [0.2, 0.25) is 0 Å². The van der Waals surface area contributed by atoms with E-state index in [1.165, 1.54) is 0 Å². The molecule has 5 heteroatoms.